The Hall–Kier alpha value is -1.71. The lowest BCUT2D eigenvalue weighted by molar-refractivity contribution is 0.0994. The Morgan fingerprint density at radius 1 is 1.15 bits per heavy atom. The van der Waals surface area contributed by atoms with Crippen molar-refractivity contribution < 1.29 is 9.18 Å². The van der Waals surface area contributed by atoms with Crippen LogP contribution in [0.5, 0.6) is 0 Å². The van der Waals surface area contributed by atoms with E-state index in [1.165, 1.54) is 17.4 Å². The van der Waals surface area contributed by atoms with Gasteiger partial charge in [-0.3, -0.25) is 4.79 Å². The molecule has 2 aromatic carbocycles. The highest BCUT2D eigenvalue weighted by molar-refractivity contribution is 7.17. The molecule has 3 aromatic rings. The zero-order valence-corrected chi connectivity index (χ0v) is 12.0. The van der Waals surface area contributed by atoms with Crippen LogP contribution in [0.25, 0.3) is 10.1 Å². The van der Waals surface area contributed by atoms with Crippen LogP contribution in [0.2, 0.25) is 5.02 Å². The smallest absolute Gasteiger partial charge is 0.168 e. The number of thiophene rings is 1. The summed E-state index contributed by atoms with van der Waals surface area (Å²) in [6.45, 7) is 0. The summed E-state index contributed by atoms with van der Waals surface area (Å²) in [4.78, 5) is 12.3. The molecule has 3 rings (SSSR count). The van der Waals surface area contributed by atoms with Gasteiger partial charge in [-0.1, -0.05) is 41.9 Å². The summed E-state index contributed by atoms with van der Waals surface area (Å²) in [7, 11) is 0. The summed E-state index contributed by atoms with van der Waals surface area (Å²) < 4.78 is 14.9. The van der Waals surface area contributed by atoms with Crippen molar-refractivity contribution in [2.75, 3.05) is 0 Å². The van der Waals surface area contributed by atoms with Gasteiger partial charge in [-0.15, -0.1) is 11.3 Å². The molecule has 0 amide bonds. The van der Waals surface area contributed by atoms with Crippen molar-refractivity contribution in [3.05, 3.63) is 69.8 Å². The van der Waals surface area contributed by atoms with Gasteiger partial charge in [0, 0.05) is 27.5 Å². The monoisotopic (exact) mass is 304 g/mol. The highest BCUT2D eigenvalue weighted by Crippen LogP contribution is 2.27. The van der Waals surface area contributed by atoms with Crippen molar-refractivity contribution in [1.29, 1.82) is 0 Å². The fraction of sp³-hybridized carbons (Fsp3) is 0.0625. The van der Waals surface area contributed by atoms with Gasteiger partial charge in [0.25, 0.3) is 0 Å². The highest BCUT2D eigenvalue weighted by Gasteiger charge is 2.15. The zero-order valence-electron chi connectivity index (χ0n) is 10.4. The molecular weight excluding hydrogens is 295 g/mol. The highest BCUT2D eigenvalue weighted by atomic mass is 35.5. The molecule has 0 fully saturated rings. The topological polar surface area (TPSA) is 17.1 Å². The Morgan fingerprint density at radius 2 is 1.95 bits per heavy atom. The lowest BCUT2D eigenvalue weighted by Crippen LogP contribution is -2.04. The lowest BCUT2D eigenvalue weighted by Gasteiger charge is -2.03. The van der Waals surface area contributed by atoms with Gasteiger partial charge in [0.15, 0.2) is 5.78 Å². The van der Waals surface area contributed by atoms with E-state index in [4.69, 9.17) is 11.6 Å². The third-order valence-corrected chi connectivity index (χ3v) is 4.42. The lowest BCUT2D eigenvalue weighted by atomic mass is 10.0. The Morgan fingerprint density at radius 3 is 2.80 bits per heavy atom. The summed E-state index contributed by atoms with van der Waals surface area (Å²) in [6.07, 6.45) is 0.0210. The molecule has 0 radical (unpaired) electrons. The van der Waals surface area contributed by atoms with Crippen LogP contribution in [-0.4, -0.2) is 5.78 Å². The van der Waals surface area contributed by atoms with Crippen LogP contribution < -0.4 is 0 Å². The average Bonchev–Trinajstić information content (AvgIpc) is 2.88. The van der Waals surface area contributed by atoms with Crippen LogP contribution in [0.1, 0.15) is 15.9 Å². The number of ketones is 1. The number of carbonyl (C=O) groups is 1. The third kappa shape index (κ3) is 2.35. The second kappa shape index (κ2) is 5.35. The Kier molecular flexibility index (Phi) is 3.55. The minimum atomic E-state index is -0.512. The van der Waals surface area contributed by atoms with Crippen LogP contribution in [0, 0.1) is 5.82 Å². The van der Waals surface area contributed by atoms with E-state index >= 15 is 0 Å². The molecule has 100 valence electrons. The first-order valence-corrected chi connectivity index (χ1v) is 7.35. The molecule has 0 unspecified atom stereocenters. The number of halogens is 2. The second-order valence-electron chi connectivity index (χ2n) is 4.46. The van der Waals surface area contributed by atoms with Crippen LogP contribution in [-0.2, 0) is 6.42 Å². The fourth-order valence-corrected chi connectivity index (χ4v) is 3.31. The van der Waals surface area contributed by atoms with Gasteiger partial charge in [0.1, 0.15) is 5.82 Å². The van der Waals surface area contributed by atoms with Crippen molar-refractivity contribution in [2.24, 2.45) is 0 Å². The number of rotatable bonds is 3. The van der Waals surface area contributed by atoms with Gasteiger partial charge in [-0.2, -0.15) is 0 Å². The van der Waals surface area contributed by atoms with Gasteiger partial charge < -0.3 is 0 Å². The van der Waals surface area contributed by atoms with Crippen LogP contribution in [0.4, 0.5) is 4.39 Å². The largest absolute Gasteiger partial charge is 0.294 e. The van der Waals surface area contributed by atoms with Crippen molar-refractivity contribution in [3.63, 3.8) is 0 Å². The van der Waals surface area contributed by atoms with Gasteiger partial charge in [-0.05, 0) is 17.7 Å². The van der Waals surface area contributed by atoms with Crippen LogP contribution in [0.3, 0.4) is 0 Å². The summed E-state index contributed by atoms with van der Waals surface area (Å²) >= 11 is 7.25. The first-order chi connectivity index (χ1) is 9.66. The first kappa shape index (κ1) is 13.3. The molecule has 4 heteroatoms. The third-order valence-electron chi connectivity index (χ3n) is 3.16. The standard InChI is InChI=1S/C16H10ClFOS/c17-13-6-3-4-10(16(13)18)8-14(19)12-9-20-15-7-2-1-5-11(12)15/h1-7,9H,8H2. The van der Waals surface area contributed by atoms with E-state index in [2.05, 4.69) is 0 Å². The maximum Gasteiger partial charge on any atom is 0.168 e. The molecule has 20 heavy (non-hydrogen) atoms. The Balaban J connectivity index is 1.95. The minimum absolute atomic E-state index is 0.0210. The fourth-order valence-electron chi connectivity index (χ4n) is 2.15. The molecule has 1 aromatic heterocycles. The Bertz CT molecular complexity index is 794. The van der Waals surface area contributed by atoms with Crippen LogP contribution >= 0.6 is 22.9 Å². The zero-order chi connectivity index (χ0) is 14.1. The molecule has 0 aliphatic heterocycles. The number of hydrogen-bond donors (Lipinski definition) is 0. The molecule has 0 saturated heterocycles. The quantitative estimate of drug-likeness (QED) is 0.614. The number of fused-ring (bicyclic) bond motifs is 1. The van der Waals surface area contributed by atoms with Gasteiger partial charge in [0.2, 0.25) is 0 Å². The van der Waals surface area contributed by atoms with Crippen molar-refractivity contribution >= 4 is 38.8 Å². The maximum atomic E-state index is 13.8. The molecule has 0 aliphatic rings. The SMILES string of the molecule is O=C(Cc1cccc(Cl)c1F)c1csc2ccccc12. The molecule has 0 saturated carbocycles. The minimum Gasteiger partial charge on any atom is -0.294 e. The average molecular weight is 305 g/mol. The predicted molar refractivity (Wildman–Crippen MR) is 81.3 cm³/mol. The van der Waals surface area contributed by atoms with Crippen molar-refractivity contribution in [1.82, 2.24) is 0 Å². The van der Waals surface area contributed by atoms with Crippen LogP contribution in [0.15, 0.2) is 47.8 Å². The van der Waals surface area contributed by atoms with Gasteiger partial charge >= 0.3 is 0 Å². The molecule has 0 spiro atoms. The predicted octanol–water partition coefficient (Wildman–Crippen LogP) is 5.12. The molecule has 0 bridgehead atoms. The van der Waals surface area contributed by atoms with E-state index < -0.39 is 5.82 Å². The van der Waals surface area contributed by atoms with E-state index in [1.807, 2.05) is 29.6 Å². The Labute approximate surface area is 124 Å². The van der Waals surface area contributed by atoms with Crippen molar-refractivity contribution in [3.8, 4) is 0 Å². The molecule has 1 heterocycles. The molecular formula is C16H10ClFOS. The summed E-state index contributed by atoms with van der Waals surface area (Å²) in [5, 5.41) is 2.80. The van der Waals surface area contributed by atoms with Gasteiger partial charge in [0.05, 0.1) is 5.02 Å². The summed E-state index contributed by atoms with van der Waals surface area (Å²) in [5.41, 5.74) is 0.975. The molecule has 1 nitrogen and oxygen atoms in total. The van der Waals surface area contributed by atoms with E-state index in [0.29, 0.717) is 11.1 Å². The number of benzene rings is 2. The second-order valence-corrected chi connectivity index (χ2v) is 5.78. The number of hydrogen-bond acceptors (Lipinski definition) is 2. The maximum absolute atomic E-state index is 13.8. The van der Waals surface area contributed by atoms with E-state index in [9.17, 15) is 9.18 Å². The summed E-state index contributed by atoms with van der Waals surface area (Å²) in [6, 6.07) is 12.4. The first-order valence-electron chi connectivity index (χ1n) is 6.09. The van der Waals surface area contributed by atoms with Crippen molar-refractivity contribution in [2.45, 2.75) is 6.42 Å². The number of Topliss-reactive ketones (excluding diaryl/α,β-unsaturated/α-hetero) is 1. The molecule has 0 aliphatic carbocycles. The van der Waals surface area contributed by atoms with E-state index in [-0.39, 0.29) is 17.2 Å². The molecule has 0 atom stereocenters. The molecule has 0 N–H and O–H groups in total. The van der Waals surface area contributed by atoms with E-state index in [0.717, 1.165) is 10.1 Å². The summed E-state index contributed by atoms with van der Waals surface area (Å²) in [5.74, 6) is -0.606. The van der Waals surface area contributed by atoms with Gasteiger partial charge in [-0.25, -0.2) is 4.39 Å². The number of carbonyl (C=O) groups excluding carboxylic acids is 1. The van der Waals surface area contributed by atoms with E-state index in [1.54, 1.807) is 12.1 Å². The normalized spacial score (nSPS) is 10.9.